The highest BCUT2D eigenvalue weighted by Gasteiger charge is 2.42. The average Bonchev–Trinajstić information content (AvgIpc) is 3.26. The van der Waals surface area contributed by atoms with Crippen molar-refractivity contribution in [2.75, 3.05) is 13.1 Å². The summed E-state index contributed by atoms with van der Waals surface area (Å²) in [6.45, 7) is 5.58. The molecule has 1 amide bonds. The molecule has 1 saturated heterocycles. The minimum Gasteiger partial charge on any atom is -0.361 e. The lowest BCUT2D eigenvalue weighted by molar-refractivity contribution is -0.138. The molecule has 0 aromatic carbocycles. The smallest absolute Gasteiger partial charge is 0.226 e. The van der Waals surface area contributed by atoms with E-state index in [4.69, 9.17) is 15.2 Å². The molecule has 2 unspecified atom stereocenters. The minimum absolute atomic E-state index is 0.0610. The van der Waals surface area contributed by atoms with Crippen LogP contribution in [0.3, 0.4) is 0 Å². The second-order valence-electron chi connectivity index (χ2n) is 8.45. The molecule has 2 fully saturated rings. The Kier molecular flexibility index (Phi) is 4.13. The third-order valence-electron chi connectivity index (χ3n) is 6.75. The molecule has 6 nitrogen and oxygen atoms in total. The molecule has 2 bridgehead atoms. The van der Waals surface area contributed by atoms with Crippen molar-refractivity contribution >= 4 is 17.2 Å². The number of aromatic nitrogens is 2. The third kappa shape index (κ3) is 2.83. The van der Waals surface area contributed by atoms with Crippen LogP contribution in [0, 0.1) is 31.6 Å². The molecule has 5 rings (SSSR count). The first-order valence-corrected chi connectivity index (χ1v) is 10.8. The summed E-state index contributed by atoms with van der Waals surface area (Å²) in [4.78, 5) is 21.5. The normalized spacial score (nSPS) is 29.8. The van der Waals surface area contributed by atoms with Crippen molar-refractivity contribution in [3.05, 3.63) is 22.0 Å². The van der Waals surface area contributed by atoms with Crippen LogP contribution in [0.4, 0.5) is 0 Å². The van der Waals surface area contributed by atoms with E-state index in [2.05, 4.69) is 10.1 Å². The summed E-state index contributed by atoms with van der Waals surface area (Å²) in [5.74, 6) is 2.18. The average molecular weight is 387 g/mol. The van der Waals surface area contributed by atoms with Gasteiger partial charge in [-0.1, -0.05) is 5.16 Å². The SMILES string of the molecule is Cc1noc(C)c1-c1nc2c(s1)CCC(C(=O)N1C[C@H]3CC[C@@H](C1)C3N)C2. The Hall–Kier alpha value is -1.73. The molecule has 144 valence electrons. The topological polar surface area (TPSA) is 85.2 Å². The van der Waals surface area contributed by atoms with Crippen LogP contribution in [0.2, 0.25) is 0 Å². The number of likely N-dealkylation sites (tertiary alicyclic amines) is 1. The molecule has 2 aliphatic carbocycles. The van der Waals surface area contributed by atoms with Crippen molar-refractivity contribution in [2.45, 2.75) is 52.0 Å². The van der Waals surface area contributed by atoms with Crippen molar-refractivity contribution in [2.24, 2.45) is 23.5 Å². The van der Waals surface area contributed by atoms with Gasteiger partial charge in [0.1, 0.15) is 10.8 Å². The van der Waals surface area contributed by atoms with Crippen LogP contribution < -0.4 is 5.73 Å². The summed E-state index contributed by atoms with van der Waals surface area (Å²) in [6, 6.07) is 0.295. The van der Waals surface area contributed by atoms with E-state index in [9.17, 15) is 4.79 Å². The number of fused-ring (bicyclic) bond motifs is 3. The molecule has 1 saturated carbocycles. The van der Waals surface area contributed by atoms with E-state index in [0.717, 1.165) is 60.1 Å². The van der Waals surface area contributed by atoms with E-state index in [1.54, 1.807) is 11.3 Å². The maximum absolute atomic E-state index is 13.2. The quantitative estimate of drug-likeness (QED) is 0.858. The molecule has 2 aromatic rings. The molecule has 2 aromatic heterocycles. The van der Waals surface area contributed by atoms with Gasteiger partial charge in [-0.2, -0.15) is 0 Å². The molecule has 1 aliphatic heterocycles. The Balaban J connectivity index is 1.33. The maximum atomic E-state index is 13.2. The van der Waals surface area contributed by atoms with Gasteiger partial charge in [-0.25, -0.2) is 4.98 Å². The molecule has 4 atom stereocenters. The monoisotopic (exact) mass is 386 g/mol. The highest BCUT2D eigenvalue weighted by atomic mass is 32.1. The summed E-state index contributed by atoms with van der Waals surface area (Å²) in [5.41, 5.74) is 9.29. The summed E-state index contributed by atoms with van der Waals surface area (Å²) in [6.07, 6.45) is 4.97. The molecule has 3 aliphatic rings. The second kappa shape index (κ2) is 6.41. The largest absolute Gasteiger partial charge is 0.361 e. The van der Waals surface area contributed by atoms with Crippen molar-refractivity contribution in [1.82, 2.24) is 15.0 Å². The summed E-state index contributed by atoms with van der Waals surface area (Å²) < 4.78 is 5.30. The maximum Gasteiger partial charge on any atom is 0.226 e. The van der Waals surface area contributed by atoms with E-state index in [-0.39, 0.29) is 5.92 Å². The molecule has 2 N–H and O–H groups in total. The fraction of sp³-hybridized carbons (Fsp3) is 0.650. The molecule has 7 heteroatoms. The number of piperidine rings is 1. The van der Waals surface area contributed by atoms with E-state index in [1.165, 1.54) is 17.7 Å². The Morgan fingerprint density at radius 1 is 1.22 bits per heavy atom. The minimum atomic E-state index is 0.0610. The zero-order valence-electron chi connectivity index (χ0n) is 15.9. The molecule has 0 spiro atoms. The van der Waals surface area contributed by atoms with Gasteiger partial charge in [0.25, 0.3) is 0 Å². The number of rotatable bonds is 2. The van der Waals surface area contributed by atoms with Gasteiger partial charge in [0.15, 0.2) is 0 Å². The third-order valence-corrected chi connectivity index (χ3v) is 7.93. The second-order valence-corrected chi connectivity index (χ2v) is 9.53. The fourth-order valence-corrected chi connectivity index (χ4v) is 6.44. The summed E-state index contributed by atoms with van der Waals surface area (Å²) >= 11 is 1.73. The van der Waals surface area contributed by atoms with E-state index >= 15 is 0 Å². The number of aryl methyl sites for hydroxylation is 3. The van der Waals surface area contributed by atoms with Gasteiger partial charge >= 0.3 is 0 Å². The zero-order valence-corrected chi connectivity index (χ0v) is 16.7. The van der Waals surface area contributed by atoms with Crippen LogP contribution in [0.1, 0.15) is 41.3 Å². The highest BCUT2D eigenvalue weighted by Crippen LogP contribution is 2.39. The Morgan fingerprint density at radius 2 is 1.96 bits per heavy atom. The standard InChI is InChI=1S/C20H26N4O2S/c1-10-17(11(2)26-23-10)19-22-15-7-12(5-6-16(15)27-19)20(25)24-8-13-3-4-14(9-24)18(13)21/h12-14,18H,3-9,21H2,1-2H3/t12?,13-,14+,18?. The van der Waals surface area contributed by atoms with Crippen molar-refractivity contribution in [1.29, 1.82) is 0 Å². The predicted molar refractivity (Wildman–Crippen MR) is 103 cm³/mol. The van der Waals surface area contributed by atoms with Crippen LogP contribution in [-0.2, 0) is 17.6 Å². The molecule has 3 heterocycles. The van der Waals surface area contributed by atoms with Gasteiger partial charge in [-0.15, -0.1) is 11.3 Å². The van der Waals surface area contributed by atoms with Gasteiger partial charge in [0.2, 0.25) is 5.91 Å². The lowest BCUT2D eigenvalue weighted by atomic mass is 9.87. The number of hydrogen-bond acceptors (Lipinski definition) is 6. The van der Waals surface area contributed by atoms with Gasteiger partial charge in [0, 0.05) is 36.3 Å². The first kappa shape index (κ1) is 17.4. The molecule has 0 radical (unpaired) electrons. The number of carbonyl (C=O) groups excluding carboxylic acids is 1. The van der Waals surface area contributed by atoms with Crippen LogP contribution in [0.15, 0.2) is 4.52 Å². The van der Waals surface area contributed by atoms with E-state index in [1.807, 2.05) is 13.8 Å². The first-order valence-electron chi connectivity index (χ1n) is 9.97. The predicted octanol–water partition coefficient (Wildman–Crippen LogP) is 2.72. The summed E-state index contributed by atoms with van der Waals surface area (Å²) in [7, 11) is 0. The molecule has 27 heavy (non-hydrogen) atoms. The van der Waals surface area contributed by atoms with Crippen molar-refractivity contribution < 1.29 is 9.32 Å². The lowest BCUT2D eigenvalue weighted by Crippen LogP contribution is -2.52. The lowest BCUT2D eigenvalue weighted by Gasteiger charge is -2.38. The Bertz CT molecular complexity index is 855. The van der Waals surface area contributed by atoms with Crippen molar-refractivity contribution in [3.8, 4) is 10.6 Å². The number of amides is 1. The van der Waals surface area contributed by atoms with Crippen LogP contribution in [0.5, 0.6) is 0 Å². The Morgan fingerprint density at radius 3 is 2.63 bits per heavy atom. The zero-order chi connectivity index (χ0) is 18.7. The van der Waals surface area contributed by atoms with E-state index in [0.29, 0.717) is 23.8 Å². The first-order chi connectivity index (χ1) is 13.0. The number of thiazole rings is 1. The van der Waals surface area contributed by atoms with Gasteiger partial charge in [-0.3, -0.25) is 4.79 Å². The van der Waals surface area contributed by atoms with Gasteiger partial charge < -0.3 is 15.2 Å². The van der Waals surface area contributed by atoms with Crippen LogP contribution in [-0.4, -0.2) is 40.1 Å². The summed E-state index contributed by atoms with van der Waals surface area (Å²) in [5, 5.41) is 5.03. The fourth-order valence-electron chi connectivity index (χ4n) is 5.19. The number of hydrogen-bond donors (Lipinski definition) is 1. The van der Waals surface area contributed by atoms with Gasteiger partial charge in [-0.05, 0) is 51.4 Å². The molecular weight excluding hydrogens is 360 g/mol. The van der Waals surface area contributed by atoms with E-state index < -0.39 is 0 Å². The number of nitrogens with zero attached hydrogens (tertiary/aromatic N) is 3. The number of nitrogens with two attached hydrogens (primary N) is 1. The highest BCUT2D eigenvalue weighted by molar-refractivity contribution is 7.15. The number of carbonyl (C=O) groups is 1. The van der Waals surface area contributed by atoms with Crippen molar-refractivity contribution in [3.63, 3.8) is 0 Å². The van der Waals surface area contributed by atoms with Crippen LogP contribution >= 0.6 is 11.3 Å². The van der Waals surface area contributed by atoms with Gasteiger partial charge in [0.05, 0.1) is 17.0 Å². The van der Waals surface area contributed by atoms with Crippen LogP contribution in [0.25, 0.3) is 10.6 Å². The molecular formula is C20H26N4O2S. The Labute approximate surface area is 163 Å².